The molecule has 0 aliphatic rings. The predicted molar refractivity (Wildman–Crippen MR) is 271 cm³/mol. The molecule has 0 aliphatic carbocycles. The van der Waals surface area contributed by atoms with Crippen molar-refractivity contribution in [2.75, 3.05) is 39.6 Å². The summed E-state index contributed by atoms with van der Waals surface area (Å²) in [4.78, 5) is 13.2. The first kappa shape index (κ1) is 66.5. The van der Waals surface area contributed by atoms with Gasteiger partial charge in [-0.15, -0.1) is 89.5 Å². The molecule has 0 saturated heterocycles. The summed E-state index contributed by atoms with van der Waals surface area (Å²) in [7, 11) is 0. The molecule has 0 unspecified atom stereocenters. The molecule has 0 aliphatic heterocycles. The van der Waals surface area contributed by atoms with E-state index in [1.165, 1.54) is 0 Å². The van der Waals surface area contributed by atoms with Gasteiger partial charge in [-0.3, -0.25) is 0 Å². The quantitative estimate of drug-likeness (QED) is 0.0203. The zero-order valence-electron chi connectivity index (χ0n) is 40.0. The van der Waals surface area contributed by atoms with E-state index in [9.17, 15) is 0 Å². The second-order valence-corrected chi connectivity index (χ2v) is 13.2. The SMILES string of the molecule is CCC(O)O.CCOc1c[c-]c(C=Nc2ccc(OCC)cc2)cc1.CCOc1c[c-]c(C=Nc2ccc(OCC)cc2)cc1.CCOc1c[c-]c(C=Nc2ccc(OCC)cc2)cc1.[Pd].[Pd].[Pd].[SH-]. The van der Waals surface area contributed by atoms with Crippen molar-refractivity contribution < 1.29 is 99.9 Å². The predicted octanol–water partition coefficient (Wildman–Crippen LogP) is 11.5. The van der Waals surface area contributed by atoms with Crippen LogP contribution in [0, 0.1) is 18.2 Å². The number of benzene rings is 6. The van der Waals surface area contributed by atoms with E-state index in [-0.39, 0.29) is 74.8 Å². The van der Waals surface area contributed by atoms with Crippen LogP contribution in [-0.4, -0.2) is 74.8 Å². The average Bonchev–Trinajstić information content (AvgIpc) is 3.33. The number of hydrogen-bond donors (Lipinski definition) is 2. The fraction of sp³-hybridized carbons (Fsp3) is 0.278. The molecule has 0 heterocycles. The Morgan fingerprint density at radius 1 is 0.377 bits per heavy atom. The molecular formula is C54H63N3O8Pd3S-4. The molecular weight excluding hydrogens is 1170 g/mol. The minimum atomic E-state index is -1.12. The van der Waals surface area contributed by atoms with Gasteiger partial charge >= 0.3 is 0 Å². The van der Waals surface area contributed by atoms with Crippen LogP contribution in [0.4, 0.5) is 17.1 Å². The van der Waals surface area contributed by atoms with Crippen molar-refractivity contribution in [2.45, 2.75) is 61.2 Å². The fourth-order valence-corrected chi connectivity index (χ4v) is 5.10. The van der Waals surface area contributed by atoms with Gasteiger partial charge < -0.3 is 67.1 Å². The summed E-state index contributed by atoms with van der Waals surface area (Å²) < 4.78 is 32.3. The summed E-state index contributed by atoms with van der Waals surface area (Å²) >= 11 is 0. The Labute approximate surface area is 458 Å². The standard InChI is InChI=1S/3C17H18NO2.C3H8O2.3Pd.H2S/c3*1-3-19-16-9-5-14(6-10-16)13-18-15-7-11-17(12-8-15)20-4-2;1-2-3(4)5;;;;/h3*5,7-13H,3-4H2,1-2H3;3-5H,2H2,1H3;;;;1H2/q3*-1;;;;;/p-1. The molecule has 382 valence electrons. The molecule has 69 heavy (non-hydrogen) atoms. The Kier molecular flexibility index (Phi) is 39.7. The molecule has 6 rings (SSSR count). The molecule has 6 aromatic rings. The second-order valence-electron chi connectivity index (χ2n) is 13.2. The van der Waals surface area contributed by atoms with Crippen LogP contribution in [0.1, 0.15) is 71.6 Å². The first-order valence-electron chi connectivity index (χ1n) is 21.8. The number of nitrogens with zero attached hydrogens (tertiary/aromatic N) is 3. The number of aliphatic imine (C=N–C) groups is 3. The van der Waals surface area contributed by atoms with Crippen LogP contribution in [-0.2, 0) is 74.8 Å². The molecule has 15 heteroatoms. The topological polar surface area (TPSA) is 133 Å². The monoisotopic (exact) mass is 1230 g/mol. The van der Waals surface area contributed by atoms with E-state index in [2.05, 4.69) is 33.2 Å². The second kappa shape index (κ2) is 41.2. The zero-order valence-corrected chi connectivity index (χ0v) is 45.5. The van der Waals surface area contributed by atoms with E-state index < -0.39 is 6.29 Å². The summed E-state index contributed by atoms with van der Waals surface area (Å²) in [6, 6.07) is 49.4. The summed E-state index contributed by atoms with van der Waals surface area (Å²) in [5.74, 6) is 5.05. The largest absolute Gasteiger partial charge is 0.813 e. The minimum absolute atomic E-state index is 0. The van der Waals surface area contributed by atoms with Gasteiger partial charge in [-0.1, -0.05) is 6.92 Å². The molecule has 0 spiro atoms. The van der Waals surface area contributed by atoms with Crippen molar-refractivity contribution in [2.24, 2.45) is 15.0 Å². The van der Waals surface area contributed by atoms with Crippen LogP contribution >= 0.6 is 0 Å². The minimum Gasteiger partial charge on any atom is -0.813 e. The van der Waals surface area contributed by atoms with Crippen molar-refractivity contribution in [1.82, 2.24) is 0 Å². The molecule has 11 nitrogen and oxygen atoms in total. The van der Waals surface area contributed by atoms with Gasteiger partial charge in [0.25, 0.3) is 0 Å². The molecule has 2 N–H and O–H groups in total. The van der Waals surface area contributed by atoms with Gasteiger partial charge in [0.1, 0.15) is 17.2 Å². The fourth-order valence-electron chi connectivity index (χ4n) is 5.10. The van der Waals surface area contributed by atoms with Gasteiger partial charge in [0.15, 0.2) is 6.29 Å². The maximum atomic E-state index is 7.92. The van der Waals surface area contributed by atoms with E-state index in [4.69, 9.17) is 38.6 Å². The van der Waals surface area contributed by atoms with Crippen molar-refractivity contribution in [3.05, 3.63) is 162 Å². The van der Waals surface area contributed by atoms with Crippen LogP contribution in [0.5, 0.6) is 34.5 Å². The van der Waals surface area contributed by atoms with Gasteiger partial charge in [0.2, 0.25) is 0 Å². The molecule has 0 amide bonds. The molecule has 0 aromatic heterocycles. The Morgan fingerprint density at radius 3 is 0.754 bits per heavy atom. The van der Waals surface area contributed by atoms with Gasteiger partial charge in [-0.05, 0) is 139 Å². The third-order valence-electron chi connectivity index (χ3n) is 8.22. The Balaban J connectivity index is 0. The molecule has 0 saturated carbocycles. The Morgan fingerprint density at radius 2 is 0.580 bits per heavy atom. The summed E-state index contributed by atoms with van der Waals surface area (Å²) in [5.41, 5.74) is 5.41. The normalized spacial score (nSPS) is 10.0. The smallest absolute Gasteiger partial charge is 0.151 e. The van der Waals surface area contributed by atoms with Crippen LogP contribution in [0.2, 0.25) is 0 Å². The average molecular weight is 1230 g/mol. The number of aliphatic hydroxyl groups excluding tert-OH is 1. The molecule has 0 atom stereocenters. The van der Waals surface area contributed by atoms with Crippen LogP contribution in [0.3, 0.4) is 0 Å². The van der Waals surface area contributed by atoms with E-state index in [1.54, 1.807) is 25.6 Å². The maximum Gasteiger partial charge on any atom is 0.151 e. The van der Waals surface area contributed by atoms with E-state index in [0.29, 0.717) is 46.1 Å². The Hall–Kier alpha value is -4.61. The van der Waals surface area contributed by atoms with Crippen LogP contribution < -0.4 is 28.4 Å². The van der Waals surface area contributed by atoms with Crippen LogP contribution in [0.25, 0.3) is 0 Å². The Bertz CT molecular complexity index is 1830. The van der Waals surface area contributed by atoms with Crippen molar-refractivity contribution in [3.63, 3.8) is 0 Å². The third-order valence-corrected chi connectivity index (χ3v) is 8.22. The van der Waals surface area contributed by atoms with Crippen molar-refractivity contribution in [1.29, 1.82) is 0 Å². The molecule has 0 radical (unpaired) electrons. The van der Waals surface area contributed by atoms with Gasteiger partial charge in [-0.25, -0.2) is 0 Å². The first-order valence-corrected chi connectivity index (χ1v) is 21.8. The van der Waals surface area contributed by atoms with Crippen molar-refractivity contribution >= 4 is 49.2 Å². The number of thiol groups is 1. The van der Waals surface area contributed by atoms with E-state index in [1.807, 2.05) is 169 Å². The molecule has 6 aromatic carbocycles. The van der Waals surface area contributed by atoms with E-state index >= 15 is 0 Å². The van der Waals surface area contributed by atoms with Gasteiger partial charge in [0.05, 0.1) is 56.7 Å². The number of ether oxygens (including phenoxy) is 6. The summed E-state index contributed by atoms with van der Waals surface area (Å²) in [6.07, 6.45) is 4.65. The first-order chi connectivity index (χ1) is 31.7. The third kappa shape index (κ3) is 29.2. The molecule has 0 fully saturated rings. The number of aliphatic hydroxyl groups is 2. The number of rotatable bonds is 19. The molecule has 0 bridgehead atoms. The van der Waals surface area contributed by atoms with Crippen molar-refractivity contribution in [3.8, 4) is 34.5 Å². The van der Waals surface area contributed by atoms with Crippen LogP contribution in [0.15, 0.2) is 142 Å². The number of hydrogen-bond acceptors (Lipinski definition) is 12. The summed E-state index contributed by atoms with van der Waals surface area (Å²) in [5, 5.41) is 15.8. The van der Waals surface area contributed by atoms with Gasteiger partial charge in [-0.2, -0.15) is 0 Å². The zero-order chi connectivity index (χ0) is 46.9. The van der Waals surface area contributed by atoms with Gasteiger partial charge in [0, 0.05) is 78.5 Å². The maximum absolute atomic E-state index is 7.92. The summed E-state index contributed by atoms with van der Waals surface area (Å²) in [6.45, 7) is 17.5. The van der Waals surface area contributed by atoms with E-state index in [0.717, 1.165) is 68.2 Å².